The molecule has 138 valence electrons. The van der Waals surface area contributed by atoms with E-state index in [9.17, 15) is 9.90 Å². The summed E-state index contributed by atoms with van der Waals surface area (Å²) in [5, 5.41) is 21.1. The Labute approximate surface area is 146 Å². The van der Waals surface area contributed by atoms with Crippen LogP contribution in [0.5, 0.6) is 0 Å². The zero-order chi connectivity index (χ0) is 17.4. The van der Waals surface area contributed by atoms with Gasteiger partial charge in [-0.2, -0.15) is 5.10 Å². The summed E-state index contributed by atoms with van der Waals surface area (Å²) in [6.45, 7) is 2.29. The van der Waals surface area contributed by atoms with Crippen molar-refractivity contribution < 1.29 is 19.4 Å². The molecule has 3 heterocycles. The molecule has 8 heteroatoms. The van der Waals surface area contributed by atoms with Crippen LogP contribution in [0.3, 0.4) is 0 Å². The first kappa shape index (κ1) is 16.8. The van der Waals surface area contributed by atoms with Crippen molar-refractivity contribution in [2.75, 3.05) is 6.61 Å². The lowest BCUT2D eigenvalue weighted by Crippen LogP contribution is -2.61. The molecule has 2 bridgehead atoms. The van der Waals surface area contributed by atoms with Gasteiger partial charge in [0.05, 0.1) is 18.8 Å². The minimum Gasteiger partial charge on any atom is -0.388 e. The van der Waals surface area contributed by atoms with Crippen LogP contribution in [0.4, 0.5) is 4.79 Å². The monoisotopic (exact) mass is 350 g/mol. The van der Waals surface area contributed by atoms with Gasteiger partial charge in [0.1, 0.15) is 18.2 Å². The van der Waals surface area contributed by atoms with Gasteiger partial charge in [-0.15, -0.1) is 0 Å². The quantitative estimate of drug-likeness (QED) is 0.751. The molecule has 25 heavy (non-hydrogen) atoms. The summed E-state index contributed by atoms with van der Waals surface area (Å²) in [6, 6.07) is -1.04. The van der Waals surface area contributed by atoms with E-state index in [1.54, 1.807) is 10.9 Å². The normalized spacial score (nSPS) is 35.5. The predicted molar refractivity (Wildman–Crippen MR) is 88.9 cm³/mol. The fraction of sp³-hybridized carbons (Fsp3) is 0.765. The van der Waals surface area contributed by atoms with Gasteiger partial charge in [0.25, 0.3) is 0 Å². The molecule has 0 radical (unpaired) electrons. The maximum Gasteiger partial charge on any atom is 0.315 e. The molecule has 1 saturated carbocycles. The standard InChI is InChI=1S/C17H26N4O4/c1-10-7-18-21(8-10)14-15(22)13(12-9-24-16(14)25-12)20-17(23)19-11-5-3-2-4-6-11/h7-8,11-16,22H,2-6,9H2,1H3,(H2,19,20,23). The number of rotatable bonds is 3. The van der Waals surface area contributed by atoms with Gasteiger partial charge < -0.3 is 25.2 Å². The van der Waals surface area contributed by atoms with Crippen LogP contribution in [0.1, 0.15) is 43.7 Å². The van der Waals surface area contributed by atoms with Crippen LogP contribution >= 0.6 is 0 Å². The SMILES string of the molecule is Cc1cnn(C2C3OCC(O3)C(NC(=O)NC3CCCCC3)C2O)c1. The van der Waals surface area contributed by atoms with Crippen LogP contribution in [0.2, 0.25) is 0 Å². The average Bonchev–Trinajstić information content (AvgIpc) is 3.21. The van der Waals surface area contributed by atoms with Gasteiger partial charge in [-0.3, -0.25) is 4.68 Å². The van der Waals surface area contributed by atoms with Crippen molar-refractivity contribution in [3.05, 3.63) is 18.0 Å². The highest BCUT2D eigenvalue weighted by Crippen LogP contribution is 2.35. The van der Waals surface area contributed by atoms with E-state index in [2.05, 4.69) is 15.7 Å². The molecular weight excluding hydrogens is 324 g/mol. The summed E-state index contributed by atoms with van der Waals surface area (Å²) in [6.07, 6.45) is 7.43. The summed E-state index contributed by atoms with van der Waals surface area (Å²) >= 11 is 0. The molecule has 0 aromatic carbocycles. The van der Waals surface area contributed by atoms with Crippen LogP contribution < -0.4 is 10.6 Å². The van der Waals surface area contributed by atoms with Crippen molar-refractivity contribution in [2.24, 2.45) is 0 Å². The van der Waals surface area contributed by atoms with Crippen LogP contribution in [-0.2, 0) is 9.47 Å². The third-order valence-electron chi connectivity index (χ3n) is 5.41. The Balaban J connectivity index is 1.44. The number of amides is 2. The van der Waals surface area contributed by atoms with Crippen LogP contribution in [0, 0.1) is 6.92 Å². The average molecular weight is 350 g/mol. The fourth-order valence-corrected chi connectivity index (χ4v) is 4.08. The van der Waals surface area contributed by atoms with Crippen molar-refractivity contribution in [3.8, 4) is 0 Å². The molecule has 3 aliphatic rings. The van der Waals surface area contributed by atoms with Crippen LogP contribution in [-0.4, -0.2) is 58.1 Å². The second-order valence-electron chi connectivity index (χ2n) is 7.33. The largest absolute Gasteiger partial charge is 0.388 e. The number of aliphatic hydroxyl groups excluding tert-OH is 1. The molecule has 2 amide bonds. The number of aromatic nitrogens is 2. The van der Waals surface area contributed by atoms with Gasteiger partial charge in [0.2, 0.25) is 0 Å². The number of aryl methyl sites for hydroxylation is 1. The van der Waals surface area contributed by atoms with E-state index in [-0.39, 0.29) is 18.2 Å². The van der Waals surface area contributed by atoms with Gasteiger partial charge in [0, 0.05) is 12.2 Å². The second kappa shape index (κ2) is 6.93. The van der Waals surface area contributed by atoms with E-state index in [1.165, 1.54) is 6.42 Å². The number of carbonyl (C=O) groups is 1. The number of carbonyl (C=O) groups excluding carboxylic acids is 1. The van der Waals surface area contributed by atoms with Gasteiger partial charge in [0.15, 0.2) is 6.29 Å². The number of hydrogen-bond acceptors (Lipinski definition) is 5. The minimum atomic E-state index is -0.831. The van der Waals surface area contributed by atoms with Crippen molar-refractivity contribution >= 4 is 6.03 Å². The molecule has 1 aliphatic carbocycles. The van der Waals surface area contributed by atoms with E-state index in [1.807, 2.05) is 13.1 Å². The van der Waals surface area contributed by atoms with E-state index in [0.29, 0.717) is 6.61 Å². The molecular formula is C17H26N4O4. The van der Waals surface area contributed by atoms with Gasteiger partial charge in [-0.05, 0) is 25.3 Å². The summed E-state index contributed by atoms with van der Waals surface area (Å²) in [7, 11) is 0. The van der Waals surface area contributed by atoms with Gasteiger partial charge in [-0.25, -0.2) is 4.79 Å². The van der Waals surface area contributed by atoms with E-state index in [4.69, 9.17) is 9.47 Å². The Kier molecular flexibility index (Phi) is 4.66. The Hall–Kier alpha value is -1.64. The molecule has 8 nitrogen and oxygen atoms in total. The topological polar surface area (TPSA) is 97.6 Å². The highest BCUT2D eigenvalue weighted by Gasteiger charge is 2.51. The van der Waals surface area contributed by atoms with E-state index >= 15 is 0 Å². The maximum atomic E-state index is 12.4. The lowest BCUT2D eigenvalue weighted by Gasteiger charge is -2.38. The molecule has 5 unspecified atom stereocenters. The predicted octanol–water partition coefficient (Wildman–Crippen LogP) is 0.849. The fourth-order valence-electron chi connectivity index (χ4n) is 4.08. The Morgan fingerprint density at radius 3 is 2.84 bits per heavy atom. The number of ether oxygens (including phenoxy) is 2. The smallest absolute Gasteiger partial charge is 0.315 e. The first-order valence-corrected chi connectivity index (χ1v) is 9.15. The van der Waals surface area contributed by atoms with Crippen molar-refractivity contribution in [2.45, 2.75) is 75.7 Å². The molecule has 3 N–H and O–H groups in total. The van der Waals surface area contributed by atoms with Crippen molar-refractivity contribution in [1.29, 1.82) is 0 Å². The van der Waals surface area contributed by atoms with Crippen LogP contribution in [0.15, 0.2) is 12.4 Å². The zero-order valence-corrected chi connectivity index (χ0v) is 14.4. The highest BCUT2D eigenvalue weighted by molar-refractivity contribution is 5.74. The molecule has 2 aliphatic heterocycles. The van der Waals surface area contributed by atoms with Gasteiger partial charge in [-0.1, -0.05) is 19.3 Å². The van der Waals surface area contributed by atoms with Crippen LogP contribution in [0.25, 0.3) is 0 Å². The summed E-state index contributed by atoms with van der Waals surface area (Å²) in [5.74, 6) is 0. The molecule has 1 aromatic rings. The Bertz CT molecular complexity index is 616. The van der Waals surface area contributed by atoms with Crippen molar-refractivity contribution in [3.63, 3.8) is 0 Å². The molecule has 4 rings (SSSR count). The second-order valence-corrected chi connectivity index (χ2v) is 7.33. The number of aliphatic hydroxyl groups is 1. The number of nitrogens with one attached hydrogen (secondary N) is 2. The van der Waals surface area contributed by atoms with Gasteiger partial charge >= 0.3 is 6.03 Å². The molecule has 3 fully saturated rings. The Morgan fingerprint density at radius 2 is 2.12 bits per heavy atom. The Morgan fingerprint density at radius 1 is 1.32 bits per heavy atom. The van der Waals surface area contributed by atoms with E-state index < -0.39 is 24.5 Å². The summed E-state index contributed by atoms with van der Waals surface area (Å²) in [5.41, 5.74) is 0.992. The molecule has 2 saturated heterocycles. The molecule has 5 atom stereocenters. The molecule has 1 aromatic heterocycles. The zero-order valence-electron chi connectivity index (χ0n) is 14.4. The third-order valence-corrected chi connectivity index (χ3v) is 5.41. The van der Waals surface area contributed by atoms with Crippen molar-refractivity contribution in [1.82, 2.24) is 20.4 Å². The number of hydrogen-bond donors (Lipinski definition) is 3. The lowest BCUT2D eigenvalue weighted by atomic mass is 9.95. The maximum absolute atomic E-state index is 12.4. The first-order chi connectivity index (χ1) is 12.1. The van der Waals surface area contributed by atoms with E-state index in [0.717, 1.165) is 31.2 Å². The molecule has 0 spiro atoms. The lowest BCUT2D eigenvalue weighted by molar-refractivity contribution is -0.166. The minimum absolute atomic E-state index is 0.215. The third kappa shape index (κ3) is 3.38. The highest BCUT2D eigenvalue weighted by atomic mass is 16.7. The number of fused-ring (bicyclic) bond motifs is 2. The summed E-state index contributed by atoms with van der Waals surface area (Å²) < 4.78 is 13.2. The number of urea groups is 1. The number of nitrogens with zero attached hydrogens (tertiary/aromatic N) is 2. The summed E-state index contributed by atoms with van der Waals surface area (Å²) in [4.78, 5) is 12.4. The first-order valence-electron chi connectivity index (χ1n) is 9.15.